The predicted molar refractivity (Wildman–Crippen MR) is 44.4 cm³/mol. The van der Waals surface area contributed by atoms with Crippen molar-refractivity contribution in [2.24, 2.45) is 5.92 Å². The Labute approximate surface area is 68.0 Å². The summed E-state index contributed by atoms with van der Waals surface area (Å²) < 4.78 is 0. The highest BCUT2D eigenvalue weighted by atomic mass is 16.1. The van der Waals surface area contributed by atoms with E-state index in [0.717, 1.165) is 0 Å². The standard InChI is InChI=1S/C9H16O2/c1-4-8(10)6-7(3)9(11)5-2/h7H,4-6H2,1-3H3. The first-order valence-corrected chi connectivity index (χ1v) is 4.16. The minimum atomic E-state index is -0.0764. The van der Waals surface area contributed by atoms with Gasteiger partial charge in [-0.15, -0.1) is 0 Å². The largest absolute Gasteiger partial charge is 0.300 e. The Hall–Kier alpha value is -0.660. The molecule has 0 spiro atoms. The van der Waals surface area contributed by atoms with Gasteiger partial charge in [-0.3, -0.25) is 9.59 Å². The Balaban J connectivity index is 3.77. The van der Waals surface area contributed by atoms with E-state index in [1.165, 1.54) is 0 Å². The Morgan fingerprint density at radius 3 is 2.09 bits per heavy atom. The quantitative estimate of drug-likeness (QED) is 0.609. The third-order valence-corrected chi connectivity index (χ3v) is 1.83. The minimum absolute atomic E-state index is 0.0764. The second-order valence-corrected chi connectivity index (χ2v) is 2.82. The van der Waals surface area contributed by atoms with Gasteiger partial charge in [0.15, 0.2) is 0 Å². The van der Waals surface area contributed by atoms with E-state index in [1.54, 1.807) is 0 Å². The van der Waals surface area contributed by atoms with Gasteiger partial charge in [0.05, 0.1) is 0 Å². The molecule has 0 aliphatic heterocycles. The zero-order valence-corrected chi connectivity index (χ0v) is 7.52. The van der Waals surface area contributed by atoms with Crippen LogP contribution in [-0.2, 0) is 9.59 Å². The van der Waals surface area contributed by atoms with Crippen molar-refractivity contribution in [3.63, 3.8) is 0 Å². The fraction of sp³-hybridized carbons (Fsp3) is 0.778. The lowest BCUT2D eigenvalue weighted by atomic mass is 9.97. The monoisotopic (exact) mass is 156 g/mol. The molecule has 0 rings (SSSR count). The van der Waals surface area contributed by atoms with Crippen LogP contribution in [0, 0.1) is 5.92 Å². The van der Waals surface area contributed by atoms with Crippen molar-refractivity contribution in [2.75, 3.05) is 0 Å². The Morgan fingerprint density at radius 1 is 1.18 bits per heavy atom. The number of carbonyl (C=O) groups excluding carboxylic acids is 2. The molecule has 11 heavy (non-hydrogen) atoms. The smallest absolute Gasteiger partial charge is 0.135 e. The van der Waals surface area contributed by atoms with Crippen molar-refractivity contribution in [2.45, 2.75) is 40.0 Å². The molecule has 0 N–H and O–H groups in total. The molecule has 0 aliphatic carbocycles. The fourth-order valence-electron chi connectivity index (χ4n) is 0.948. The molecule has 0 saturated heterocycles. The summed E-state index contributed by atoms with van der Waals surface area (Å²) in [5, 5.41) is 0. The normalized spacial score (nSPS) is 12.6. The molecule has 64 valence electrons. The Bertz CT molecular complexity index is 150. The van der Waals surface area contributed by atoms with Crippen LogP contribution < -0.4 is 0 Å². The second-order valence-electron chi connectivity index (χ2n) is 2.82. The van der Waals surface area contributed by atoms with Gasteiger partial charge >= 0.3 is 0 Å². The Morgan fingerprint density at radius 2 is 1.73 bits per heavy atom. The van der Waals surface area contributed by atoms with E-state index in [0.29, 0.717) is 19.3 Å². The molecule has 0 heterocycles. The van der Waals surface area contributed by atoms with Gasteiger partial charge in [0.1, 0.15) is 11.6 Å². The number of ketones is 2. The maximum atomic E-state index is 11.0. The van der Waals surface area contributed by atoms with Crippen LogP contribution >= 0.6 is 0 Å². The van der Waals surface area contributed by atoms with Crippen LogP contribution in [0.5, 0.6) is 0 Å². The molecule has 0 aliphatic rings. The van der Waals surface area contributed by atoms with Crippen molar-refractivity contribution in [3.05, 3.63) is 0 Å². The molecule has 2 heteroatoms. The summed E-state index contributed by atoms with van der Waals surface area (Å²) >= 11 is 0. The van der Waals surface area contributed by atoms with E-state index >= 15 is 0 Å². The van der Waals surface area contributed by atoms with E-state index in [4.69, 9.17) is 0 Å². The molecular formula is C9H16O2. The molecule has 0 saturated carbocycles. The zero-order valence-electron chi connectivity index (χ0n) is 7.52. The SMILES string of the molecule is CCC(=O)CC(C)C(=O)CC. The molecule has 0 aromatic heterocycles. The summed E-state index contributed by atoms with van der Waals surface area (Å²) in [7, 11) is 0. The average molecular weight is 156 g/mol. The third kappa shape index (κ3) is 3.91. The highest BCUT2D eigenvalue weighted by Gasteiger charge is 2.13. The first-order chi connectivity index (χ1) is 5.11. The lowest BCUT2D eigenvalue weighted by molar-refractivity contribution is -0.127. The van der Waals surface area contributed by atoms with E-state index in [-0.39, 0.29) is 17.5 Å². The summed E-state index contributed by atoms with van der Waals surface area (Å²) in [4.78, 5) is 21.9. The lowest BCUT2D eigenvalue weighted by Gasteiger charge is -2.05. The Kier molecular flexibility index (Phi) is 4.75. The van der Waals surface area contributed by atoms with Gasteiger partial charge in [-0.2, -0.15) is 0 Å². The average Bonchev–Trinajstić information content (AvgIpc) is 2.02. The maximum Gasteiger partial charge on any atom is 0.135 e. The molecular weight excluding hydrogens is 140 g/mol. The highest BCUT2D eigenvalue weighted by molar-refractivity contribution is 5.87. The highest BCUT2D eigenvalue weighted by Crippen LogP contribution is 2.07. The van der Waals surface area contributed by atoms with E-state index in [1.807, 2.05) is 20.8 Å². The van der Waals surface area contributed by atoms with Gasteiger partial charge in [0, 0.05) is 25.2 Å². The van der Waals surface area contributed by atoms with Gasteiger partial charge in [0.25, 0.3) is 0 Å². The van der Waals surface area contributed by atoms with Crippen LogP contribution in [0.1, 0.15) is 40.0 Å². The van der Waals surface area contributed by atoms with Crippen LogP contribution in [0.4, 0.5) is 0 Å². The van der Waals surface area contributed by atoms with Gasteiger partial charge in [-0.05, 0) is 0 Å². The van der Waals surface area contributed by atoms with Crippen LogP contribution in [0.3, 0.4) is 0 Å². The van der Waals surface area contributed by atoms with Crippen LogP contribution in [-0.4, -0.2) is 11.6 Å². The molecule has 0 bridgehead atoms. The number of hydrogen-bond acceptors (Lipinski definition) is 2. The minimum Gasteiger partial charge on any atom is -0.300 e. The predicted octanol–water partition coefficient (Wildman–Crippen LogP) is 1.97. The molecule has 1 unspecified atom stereocenters. The van der Waals surface area contributed by atoms with Crippen molar-refractivity contribution >= 4 is 11.6 Å². The van der Waals surface area contributed by atoms with Crippen LogP contribution in [0.15, 0.2) is 0 Å². The van der Waals surface area contributed by atoms with Crippen LogP contribution in [0.2, 0.25) is 0 Å². The third-order valence-electron chi connectivity index (χ3n) is 1.83. The molecule has 0 fully saturated rings. The number of rotatable bonds is 5. The molecule has 1 atom stereocenters. The maximum absolute atomic E-state index is 11.0. The van der Waals surface area contributed by atoms with Crippen molar-refractivity contribution in [1.29, 1.82) is 0 Å². The molecule has 0 radical (unpaired) electrons. The fourth-order valence-corrected chi connectivity index (χ4v) is 0.948. The molecule has 0 aromatic rings. The molecule has 0 aromatic carbocycles. The first-order valence-electron chi connectivity index (χ1n) is 4.16. The number of hydrogen-bond donors (Lipinski definition) is 0. The van der Waals surface area contributed by atoms with E-state index < -0.39 is 0 Å². The zero-order chi connectivity index (χ0) is 8.85. The van der Waals surface area contributed by atoms with Gasteiger partial charge < -0.3 is 0 Å². The summed E-state index contributed by atoms with van der Waals surface area (Å²) in [6.07, 6.45) is 1.50. The second kappa shape index (κ2) is 5.05. The van der Waals surface area contributed by atoms with E-state index in [9.17, 15) is 9.59 Å². The van der Waals surface area contributed by atoms with E-state index in [2.05, 4.69) is 0 Å². The topological polar surface area (TPSA) is 34.1 Å². The summed E-state index contributed by atoms with van der Waals surface area (Å²) in [6.45, 7) is 5.47. The number of carbonyl (C=O) groups is 2. The molecule has 0 amide bonds. The summed E-state index contributed by atoms with van der Waals surface area (Å²) in [5.74, 6) is 0.290. The lowest BCUT2D eigenvalue weighted by Crippen LogP contribution is -2.13. The summed E-state index contributed by atoms with van der Waals surface area (Å²) in [5.41, 5.74) is 0. The molecule has 2 nitrogen and oxygen atoms in total. The van der Waals surface area contributed by atoms with Crippen LogP contribution in [0.25, 0.3) is 0 Å². The van der Waals surface area contributed by atoms with Crippen molar-refractivity contribution in [1.82, 2.24) is 0 Å². The van der Waals surface area contributed by atoms with Crippen molar-refractivity contribution < 1.29 is 9.59 Å². The van der Waals surface area contributed by atoms with Crippen molar-refractivity contribution in [3.8, 4) is 0 Å². The van der Waals surface area contributed by atoms with Gasteiger partial charge in [-0.1, -0.05) is 20.8 Å². The van der Waals surface area contributed by atoms with Gasteiger partial charge in [0.2, 0.25) is 0 Å². The summed E-state index contributed by atoms with van der Waals surface area (Å²) in [6, 6.07) is 0. The number of Topliss-reactive ketones (excluding diaryl/α,β-unsaturated/α-hetero) is 2. The first kappa shape index (κ1) is 10.3. The van der Waals surface area contributed by atoms with Gasteiger partial charge in [-0.25, -0.2) is 0 Å².